The molecule has 4 aromatic rings. The zero-order valence-electron chi connectivity index (χ0n) is 13.7. The van der Waals surface area contributed by atoms with Crippen molar-refractivity contribution in [2.24, 2.45) is 0 Å². The maximum atomic E-state index is 12.5. The molecule has 0 saturated carbocycles. The second-order valence-corrected chi connectivity index (χ2v) is 5.69. The molecule has 4 heterocycles. The molecule has 0 aromatic carbocycles. The smallest absolute Gasteiger partial charge is 0.253 e. The highest BCUT2D eigenvalue weighted by Crippen LogP contribution is 2.21. The minimum Gasteiger partial charge on any atom is -0.619 e. The summed E-state index contributed by atoms with van der Waals surface area (Å²) in [6, 6.07) is 8.64. The number of hydrogen-bond acceptors (Lipinski definition) is 5. The van der Waals surface area contributed by atoms with E-state index in [9.17, 15) is 10.0 Å². The number of amides is 1. The van der Waals surface area contributed by atoms with Crippen molar-refractivity contribution in [3.05, 3.63) is 71.5 Å². The lowest BCUT2D eigenvalue weighted by Gasteiger charge is -2.05. The van der Waals surface area contributed by atoms with Crippen molar-refractivity contribution >= 4 is 17.1 Å². The van der Waals surface area contributed by atoms with Crippen molar-refractivity contribution in [3.63, 3.8) is 0 Å². The van der Waals surface area contributed by atoms with Gasteiger partial charge < -0.3 is 19.9 Å². The number of rotatable bonds is 5. The maximum Gasteiger partial charge on any atom is 0.253 e. The fourth-order valence-electron chi connectivity index (χ4n) is 2.65. The SMILES string of the molecule is O=C(NCCc1cc[n+]([O-])cc1)c1ccnc2[nH]c(-c3ccco3)nc12. The van der Waals surface area contributed by atoms with Crippen LogP contribution in [0.15, 0.2) is 59.6 Å². The lowest BCUT2D eigenvalue weighted by molar-refractivity contribution is -0.605. The van der Waals surface area contributed by atoms with E-state index in [-0.39, 0.29) is 5.91 Å². The molecule has 1 amide bonds. The van der Waals surface area contributed by atoms with E-state index in [2.05, 4.69) is 20.3 Å². The third-order valence-corrected chi connectivity index (χ3v) is 3.95. The molecule has 4 aromatic heterocycles. The summed E-state index contributed by atoms with van der Waals surface area (Å²) in [5.41, 5.74) is 2.42. The first-order chi connectivity index (χ1) is 12.7. The first-order valence-electron chi connectivity index (χ1n) is 8.05. The number of fused-ring (bicyclic) bond motifs is 1. The van der Waals surface area contributed by atoms with Crippen LogP contribution in [-0.4, -0.2) is 27.4 Å². The van der Waals surface area contributed by atoms with Crippen LogP contribution in [0.3, 0.4) is 0 Å². The molecule has 0 aliphatic rings. The van der Waals surface area contributed by atoms with E-state index < -0.39 is 0 Å². The van der Waals surface area contributed by atoms with E-state index >= 15 is 0 Å². The molecule has 8 heteroatoms. The van der Waals surface area contributed by atoms with Gasteiger partial charge in [-0.1, -0.05) is 0 Å². The van der Waals surface area contributed by atoms with Crippen molar-refractivity contribution < 1.29 is 13.9 Å². The zero-order valence-corrected chi connectivity index (χ0v) is 13.7. The molecule has 0 fully saturated rings. The van der Waals surface area contributed by atoms with E-state index in [4.69, 9.17) is 4.42 Å². The number of imidazole rings is 1. The van der Waals surface area contributed by atoms with Crippen molar-refractivity contribution in [1.82, 2.24) is 20.3 Å². The van der Waals surface area contributed by atoms with Gasteiger partial charge in [0, 0.05) is 24.9 Å². The van der Waals surface area contributed by atoms with Crippen LogP contribution >= 0.6 is 0 Å². The van der Waals surface area contributed by atoms with Crippen molar-refractivity contribution in [1.29, 1.82) is 0 Å². The molecular weight excluding hydrogens is 334 g/mol. The summed E-state index contributed by atoms with van der Waals surface area (Å²) in [6.07, 6.45) is 6.61. The standard InChI is InChI=1S/C18H15N5O3/c24-18(20-7-3-12-5-9-23(25)10-6-12)13-4-8-19-17-15(13)21-16(22-17)14-2-1-11-26-14/h1-2,4-6,8-11H,3,7H2,(H,20,24)(H,19,21,22). The average Bonchev–Trinajstić information content (AvgIpc) is 3.32. The Hall–Kier alpha value is -3.68. The molecule has 4 rings (SSSR count). The number of aromatic amines is 1. The summed E-state index contributed by atoms with van der Waals surface area (Å²) in [7, 11) is 0. The minimum absolute atomic E-state index is 0.232. The largest absolute Gasteiger partial charge is 0.619 e. The Morgan fingerprint density at radius 3 is 2.88 bits per heavy atom. The van der Waals surface area contributed by atoms with E-state index in [1.54, 1.807) is 42.8 Å². The first-order valence-corrected chi connectivity index (χ1v) is 8.05. The third kappa shape index (κ3) is 3.12. The van der Waals surface area contributed by atoms with Gasteiger partial charge in [-0.3, -0.25) is 4.79 Å². The number of carbonyl (C=O) groups is 1. The summed E-state index contributed by atoms with van der Waals surface area (Å²) in [5.74, 6) is 0.867. The van der Waals surface area contributed by atoms with E-state index in [0.717, 1.165) is 10.3 Å². The monoisotopic (exact) mass is 349 g/mol. The molecule has 0 atom stereocenters. The quantitative estimate of drug-likeness (QED) is 0.422. The molecular formula is C18H15N5O3. The maximum absolute atomic E-state index is 12.5. The highest BCUT2D eigenvalue weighted by atomic mass is 16.5. The molecule has 130 valence electrons. The summed E-state index contributed by atoms with van der Waals surface area (Å²) in [4.78, 5) is 24.2. The molecule has 26 heavy (non-hydrogen) atoms. The Bertz CT molecular complexity index is 1040. The van der Waals surface area contributed by atoms with Gasteiger partial charge in [0.15, 0.2) is 29.6 Å². The van der Waals surface area contributed by atoms with Gasteiger partial charge in [-0.2, -0.15) is 4.73 Å². The number of furan rings is 1. The van der Waals surface area contributed by atoms with Gasteiger partial charge in [-0.25, -0.2) is 9.97 Å². The van der Waals surface area contributed by atoms with E-state index in [1.807, 2.05) is 0 Å². The lowest BCUT2D eigenvalue weighted by Crippen LogP contribution is -2.27. The highest BCUT2D eigenvalue weighted by Gasteiger charge is 2.16. The van der Waals surface area contributed by atoms with Crippen LogP contribution in [0.4, 0.5) is 0 Å². The van der Waals surface area contributed by atoms with Gasteiger partial charge in [0.1, 0.15) is 5.52 Å². The van der Waals surface area contributed by atoms with Gasteiger partial charge in [0.05, 0.1) is 11.8 Å². The number of hydrogen-bond donors (Lipinski definition) is 2. The van der Waals surface area contributed by atoms with Crippen LogP contribution in [0.2, 0.25) is 0 Å². The van der Waals surface area contributed by atoms with Crippen LogP contribution in [0.1, 0.15) is 15.9 Å². The Balaban J connectivity index is 1.50. The molecule has 0 aliphatic carbocycles. The summed E-state index contributed by atoms with van der Waals surface area (Å²) in [6.45, 7) is 0.445. The Labute approximate surface area is 148 Å². The van der Waals surface area contributed by atoms with Gasteiger partial charge in [-0.05, 0) is 30.2 Å². The first kappa shape index (κ1) is 15.8. The van der Waals surface area contributed by atoms with Crippen LogP contribution in [0, 0.1) is 5.21 Å². The number of H-pyrrole nitrogens is 1. The number of nitrogens with zero attached hydrogens (tertiary/aromatic N) is 3. The molecule has 0 spiro atoms. The number of pyridine rings is 2. The number of nitrogens with one attached hydrogen (secondary N) is 2. The van der Waals surface area contributed by atoms with Crippen LogP contribution in [-0.2, 0) is 6.42 Å². The van der Waals surface area contributed by atoms with Crippen LogP contribution in [0.25, 0.3) is 22.7 Å². The summed E-state index contributed by atoms with van der Waals surface area (Å²) in [5, 5.41) is 13.9. The Kier molecular flexibility index (Phi) is 4.06. The molecule has 0 bridgehead atoms. The van der Waals surface area contributed by atoms with Gasteiger partial charge in [-0.15, -0.1) is 0 Å². The summed E-state index contributed by atoms with van der Waals surface area (Å²) < 4.78 is 6.05. The number of aromatic nitrogens is 4. The van der Waals surface area contributed by atoms with Gasteiger partial charge in [0.25, 0.3) is 5.91 Å². The summed E-state index contributed by atoms with van der Waals surface area (Å²) >= 11 is 0. The second kappa shape index (κ2) is 6.67. The van der Waals surface area contributed by atoms with E-state index in [1.165, 1.54) is 12.4 Å². The van der Waals surface area contributed by atoms with Crippen LogP contribution < -0.4 is 10.0 Å². The Morgan fingerprint density at radius 1 is 1.27 bits per heavy atom. The normalized spacial score (nSPS) is 10.9. The van der Waals surface area contributed by atoms with Gasteiger partial charge in [0.2, 0.25) is 0 Å². The number of carbonyl (C=O) groups excluding carboxylic acids is 1. The van der Waals surface area contributed by atoms with Crippen molar-refractivity contribution in [2.45, 2.75) is 6.42 Å². The predicted octanol–water partition coefficient (Wildman–Crippen LogP) is 1.82. The van der Waals surface area contributed by atoms with Crippen molar-refractivity contribution in [2.75, 3.05) is 6.54 Å². The molecule has 2 N–H and O–H groups in total. The molecule has 0 saturated heterocycles. The van der Waals surface area contributed by atoms with Gasteiger partial charge >= 0.3 is 0 Å². The molecule has 0 aliphatic heterocycles. The van der Waals surface area contributed by atoms with Crippen molar-refractivity contribution in [3.8, 4) is 11.6 Å². The lowest BCUT2D eigenvalue weighted by atomic mass is 10.2. The highest BCUT2D eigenvalue weighted by molar-refractivity contribution is 6.04. The fourth-order valence-corrected chi connectivity index (χ4v) is 2.65. The minimum atomic E-state index is -0.232. The second-order valence-electron chi connectivity index (χ2n) is 5.69. The van der Waals surface area contributed by atoms with E-state index in [0.29, 0.717) is 41.3 Å². The topological polar surface area (TPSA) is 111 Å². The average molecular weight is 349 g/mol. The van der Waals surface area contributed by atoms with Crippen LogP contribution in [0.5, 0.6) is 0 Å². The zero-order chi connectivity index (χ0) is 17.9. The Morgan fingerprint density at radius 2 is 2.12 bits per heavy atom. The molecule has 0 unspecified atom stereocenters. The fraction of sp³-hybridized carbons (Fsp3) is 0.111. The molecule has 0 radical (unpaired) electrons. The molecule has 8 nitrogen and oxygen atoms in total. The third-order valence-electron chi connectivity index (χ3n) is 3.95. The predicted molar refractivity (Wildman–Crippen MR) is 93.0 cm³/mol.